The van der Waals surface area contributed by atoms with Gasteiger partial charge in [-0.05, 0) is 63.3 Å². The van der Waals surface area contributed by atoms with Crippen molar-refractivity contribution in [2.24, 2.45) is 0 Å². The van der Waals surface area contributed by atoms with Crippen LogP contribution >= 0.6 is 27.3 Å². The number of benzene rings is 1. The summed E-state index contributed by atoms with van der Waals surface area (Å²) in [6, 6.07) is 8.37. The van der Waals surface area contributed by atoms with Crippen molar-refractivity contribution in [1.82, 2.24) is 0 Å². The van der Waals surface area contributed by atoms with Gasteiger partial charge in [0.25, 0.3) is 0 Å². The number of aliphatic hydroxyl groups is 1. The van der Waals surface area contributed by atoms with Gasteiger partial charge in [-0.1, -0.05) is 18.2 Å². The molecule has 0 saturated heterocycles. The molecule has 1 aliphatic rings. The Bertz CT molecular complexity index is 547. The molecule has 3 heteroatoms. The standard InChI is InChI=1S/C14H13BrOS/c15-12-6-7-17-14(12)13(16)11-5-4-9-2-1-3-10(9)8-11/h4-8,13,16H,1-3H2. The smallest absolute Gasteiger partial charge is 0.114 e. The number of aryl methyl sites for hydroxylation is 2. The normalized spacial score (nSPS) is 15.9. The van der Waals surface area contributed by atoms with Gasteiger partial charge in [0.2, 0.25) is 0 Å². The van der Waals surface area contributed by atoms with Crippen LogP contribution in [-0.2, 0) is 12.8 Å². The Kier molecular flexibility index (Phi) is 3.07. The molecule has 1 N–H and O–H groups in total. The highest BCUT2D eigenvalue weighted by atomic mass is 79.9. The zero-order chi connectivity index (χ0) is 11.8. The first-order valence-corrected chi connectivity index (χ1v) is 7.45. The minimum Gasteiger partial charge on any atom is -0.383 e. The van der Waals surface area contributed by atoms with Crippen LogP contribution in [0.15, 0.2) is 34.1 Å². The Labute approximate surface area is 113 Å². The fourth-order valence-corrected chi connectivity index (χ4v) is 4.01. The minimum absolute atomic E-state index is 0.504. The summed E-state index contributed by atoms with van der Waals surface area (Å²) in [7, 11) is 0. The van der Waals surface area contributed by atoms with Crippen molar-refractivity contribution < 1.29 is 5.11 Å². The van der Waals surface area contributed by atoms with E-state index in [1.54, 1.807) is 11.3 Å². The van der Waals surface area contributed by atoms with E-state index in [9.17, 15) is 5.11 Å². The highest BCUT2D eigenvalue weighted by Crippen LogP contribution is 2.34. The van der Waals surface area contributed by atoms with Crippen molar-refractivity contribution in [3.8, 4) is 0 Å². The molecule has 17 heavy (non-hydrogen) atoms. The van der Waals surface area contributed by atoms with Crippen LogP contribution in [0.1, 0.15) is 34.1 Å². The molecule has 1 aromatic carbocycles. The fourth-order valence-electron chi connectivity index (χ4n) is 2.41. The molecule has 2 aromatic rings. The van der Waals surface area contributed by atoms with Gasteiger partial charge in [-0.25, -0.2) is 0 Å². The van der Waals surface area contributed by atoms with E-state index in [-0.39, 0.29) is 0 Å². The van der Waals surface area contributed by atoms with E-state index in [1.165, 1.54) is 24.0 Å². The molecular weight excluding hydrogens is 296 g/mol. The summed E-state index contributed by atoms with van der Waals surface area (Å²) in [6.45, 7) is 0. The lowest BCUT2D eigenvalue weighted by Crippen LogP contribution is -1.99. The van der Waals surface area contributed by atoms with Gasteiger partial charge < -0.3 is 5.11 Å². The van der Waals surface area contributed by atoms with Crippen LogP contribution in [0.3, 0.4) is 0 Å². The third-order valence-corrected chi connectivity index (χ3v) is 5.25. The number of hydrogen-bond acceptors (Lipinski definition) is 2. The zero-order valence-corrected chi connectivity index (χ0v) is 11.7. The van der Waals surface area contributed by atoms with E-state index >= 15 is 0 Å². The molecule has 1 aromatic heterocycles. The van der Waals surface area contributed by atoms with Crippen LogP contribution in [0.2, 0.25) is 0 Å². The second-order valence-corrected chi connectivity index (χ2v) is 6.22. The summed E-state index contributed by atoms with van der Waals surface area (Å²) in [5.41, 5.74) is 3.87. The molecule has 88 valence electrons. The average molecular weight is 309 g/mol. The van der Waals surface area contributed by atoms with E-state index in [0.29, 0.717) is 0 Å². The molecule has 1 atom stereocenters. The van der Waals surface area contributed by atoms with Crippen LogP contribution in [0.25, 0.3) is 0 Å². The van der Waals surface area contributed by atoms with Gasteiger partial charge in [0, 0.05) is 4.47 Å². The average Bonchev–Trinajstić information content (AvgIpc) is 2.95. The van der Waals surface area contributed by atoms with Gasteiger partial charge >= 0.3 is 0 Å². The SMILES string of the molecule is OC(c1ccc2c(c1)CCC2)c1sccc1Br. The topological polar surface area (TPSA) is 20.2 Å². The third kappa shape index (κ3) is 2.07. The highest BCUT2D eigenvalue weighted by Gasteiger charge is 2.18. The molecule has 1 heterocycles. The predicted octanol–water partition coefficient (Wildman–Crippen LogP) is 4.08. The summed E-state index contributed by atoms with van der Waals surface area (Å²) in [5, 5.41) is 12.4. The van der Waals surface area contributed by atoms with Gasteiger partial charge in [0.1, 0.15) is 6.10 Å². The predicted molar refractivity (Wildman–Crippen MR) is 74.5 cm³/mol. The molecular formula is C14H13BrOS. The van der Waals surface area contributed by atoms with E-state index in [1.807, 2.05) is 11.4 Å². The van der Waals surface area contributed by atoms with Gasteiger partial charge in [-0.2, -0.15) is 0 Å². The lowest BCUT2D eigenvalue weighted by molar-refractivity contribution is 0.223. The zero-order valence-electron chi connectivity index (χ0n) is 9.32. The number of fused-ring (bicyclic) bond motifs is 1. The van der Waals surface area contributed by atoms with Gasteiger partial charge in [0.15, 0.2) is 0 Å². The summed E-state index contributed by atoms with van der Waals surface area (Å²) >= 11 is 5.07. The van der Waals surface area contributed by atoms with E-state index < -0.39 is 6.10 Å². The number of aliphatic hydroxyl groups excluding tert-OH is 1. The molecule has 1 nitrogen and oxygen atoms in total. The second-order valence-electron chi connectivity index (χ2n) is 4.42. The quantitative estimate of drug-likeness (QED) is 0.886. The number of rotatable bonds is 2. The Balaban J connectivity index is 1.97. The van der Waals surface area contributed by atoms with Crippen molar-refractivity contribution in [3.63, 3.8) is 0 Å². The molecule has 0 amide bonds. The first-order chi connectivity index (χ1) is 8.25. The maximum atomic E-state index is 10.4. The van der Waals surface area contributed by atoms with Crippen molar-refractivity contribution >= 4 is 27.3 Å². The number of thiophene rings is 1. The molecule has 3 rings (SSSR count). The van der Waals surface area contributed by atoms with E-state index in [0.717, 1.165) is 21.3 Å². The van der Waals surface area contributed by atoms with E-state index in [2.05, 4.69) is 34.1 Å². The minimum atomic E-state index is -0.504. The Hall–Kier alpha value is -0.640. The van der Waals surface area contributed by atoms with Crippen molar-refractivity contribution in [1.29, 1.82) is 0 Å². The summed E-state index contributed by atoms with van der Waals surface area (Å²) in [6.07, 6.45) is 3.09. The molecule has 0 fully saturated rings. The fraction of sp³-hybridized carbons (Fsp3) is 0.286. The monoisotopic (exact) mass is 308 g/mol. The van der Waals surface area contributed by atoms with Crippen molar-refractivity contribution in [2.75, 3.05) is 0 Å². The number of hydrogen-bond donors (Lipinski definition) is 1. The number of halogens is 1. The Morgan fingerprint density at radius 3 is 2.76 bits per heavy atom. The summed E-state index contributed by atoms with van der Waals surface area (Å²) in [5.74, 6) is 0. The first-order valence-electron chi connectivity index (χ1n) is 5.78. The van der Waals surface area contributed by atoms with Gasteiger partial charge in [-0.3, -0.25) is 0 Å². The molecule has 1 aliphatic carbocycles. The summed E-state index contributed by atoms with van der Waals surface area (Å²) in [4.78, 5) is 0.989. The van der Waals surface area contributed by atoms with Crippen molar-refractivity contribution in [2.45, 2.75) is 25.4 Å². The molecule has 0 radical (unpaired) electrons. The van der Waals surface area contributed by atoms with Crippen LogP contribution in [0, 0.1) is 0 Å². The third-order valence-electron chi connectivity index (χ3n) is 3.33. The molecule has 0 bridgehead atoms. The molecule has 1 unspecified atom stereocenters. The molecule has 0 spiro atoms. The second kappa shape index (κ2) is 4.56. The summed E-state index contributed by atoms with van der Waals surface area (Å²) < 4.78 is 0.996. The molecule has 0 saturated carbocycles. The maximum absolute atomic E-state index is 10.4. The van der Waals surface area contributed by atoms with Gasteiger partial charge in [-0.15, -0.1) is 11.3 Å². The maximum Gasteiger partial charge on any atom is 0.114 e. The van der Waals surface area contributed by atoms with Crippen LogP contribution < -0.4 is 0 Å². The van der Waals surface area contributed by atoms with Crippen molar-refractivity contribution in [3.05, 3.63) is 55.7 Å². The van der Waals surface area contributed by atoms with Gasteiger partial charge in [0.05, 0.1) is 4.88 Å². The first kappa shape index (κ1) is 11.5. The van der Waals surface area contributed by atoms with E-state index in [4.69, 9.17) is 0 Å². The lowest BCUT2D eigenvalue weighted by Gasteiger charge is -2.11. The highest BCUT2D eigenvalue weighted by molar-refractivity contribution is 9.10. The largest absolute Gasteiger partial charge is 0.383 e. The van der Waals surface area contributed by atoms with Crippen LogP contribution in [0.4, 0.5) is 0 Å². The Morgan fingerprint density at radius 1 is 1.18 bits per heavy atom. The Morgan fingerprint density at radius 2 is 2.00 bits per heavy atom. The lowest BCUT2D eigenvalue weighted by atomic mass is 10.0. The van der Waals surface area contributed by atoms with Crippen LogP contribution in [-0.4, -0.2) is 5.11 Å². The molecule has 0 aliphatic heterocycles. The van der Waals surface area contributed by atoms with Crippen LogP contribution in [0.5, 0.6) is 0 Å².